The second-order valence-corrected chi connectivity index (χ2v) is 7.28. The van der Waals surface area contributed by atoms with Gasteiger partial charge in [-0.1, -0.05) is 35.5 Å². The molecule has 1 aliphatic heterocycles. The van der Waals surface area contributed by atoms with Crippen LogP contribution in [0.3, 0.4) is 0 Å². The van der Waals surface area contributed by atoms with E-state index in [2.05, 4.69) is 21.6 Å². The lowest BCUT2D eigenvalue weighted by Gasteiger charge is -2.23. The van der Waals surface area contributed by atoms with Crippen LogP contribution >= 0.6 is 23.4 Å². The van der Waals surface area contributed by atoms with Gasteiger partial charge in [-0.25, -0.2) is 4.68 Å². The van der Waals surface area contributed by atoms with Gasteiger partial charge in [0.15, 0.2) is 0 Å². The lowest BCUT2D eigenvalue weighted by molar-refractivity contribution is 0.0631. The number of hydrogen-bond donors (Lipinski definition) is 0. The van der Waals surface area contributed by atoms with E-state index in [0.717, 1.165) is 49.1 Å². The molecule has 1 aromatic heterocycles. The maximum atomic E-state index is 6.30. The van der Waals surface area contributed by atoms with Gasteiger partial charge in [-0.2, -0.15) is 0 Å². The molecule has 0 spiro atoms. The van der Waals surface area contributed by atoms with Gasteiger partial charge in [-0.05, 0) is 53.3 Å². The van der Waals surface area contributed by atoms with Crippen molar-refractivity contribution in [2.45, 2.75) is 42.1 Å². The first-order valence-corrected chi connectivity index (χ1v) is 8.88. The van der Waals surface area contributed by atoms with E-state index in [0.29, 0.717) is 11.3 Å². The number of nitrogens with zero attached hydrogens (tertiary/aromatic N) is 4. The standard InChI is InChI=1S/C15H17ClN4OS/c16-13-3-1-2-12-11(13)4-5-14(12)22-15-17-18-19-20(15)10-6-8-21-9-7-10/h1-3,10,14H,4-9H2. The fraction of sp³-hybridized carbons (Fsp3) is 0.533. The number of fused-ring (bicyclic) bond motifs is 1. The highest BCUT2D eigenvalue weighted by Crippen LogP contribution is 2.46. The van der Waals surface area contributed by atoms with Crippen LogP contribution in [-0.4, -0.2) is 33.4 Å². The summed E-state index contributed by atoms with van der Waals surface area (Å²) in [5.41, 5.74) is 2.62. The number of tetrazole rings is 1. The van der Waals surface area contributed by atoms with Crippen molar-refractivity contribution in [1.29, 1.82) is 0 Å². The summed E-state index contributed by atoms with van der Waals surface area (Å²) in [5, 5.41) is 14.5. The molecule has 0 N–H and O–H groups in total. The molecule has 1 aliphatic carbocycles. The average Bonchev–Trinajstić information content (AvgIpc) is 3.17. The average molecular weight is 337 g/mol. The van der Waals surface area contributed by atoms with Gasteiger partial charge in [-0.3, -0.25) is 0 Å². The van der Waals surface area contributed by atoms with Crippen molar-refractivity contribution in [3.63, 3.8) is 0 Å². The van der Waals surface area contributed by atoms with Crippen molar-refractivity contribution in [3.05, 3.63) is 34.3 Å². The van der Waals surface area contributed by atoms with Crippen LogP contribution in [0.2, 0.25) is 5.02 Å². The van der Waals surface area contributed by atoms with Crippen LogP contribution in [-0.2, 0) is 11.2 Å². The zero-order valence-electron chi connectivity index (χ0n) is 12.1. The van der Waals surface area contributed by atoms with Crippen LogP contribution in [0.4, 0.5) is 0 Å². The van der Waals surface area contributed by atoms with Crippen LogP contribution in [0, 0.1) is 0 Å². The molecule has 1 unspecified atom stereocenters. The smallest absolute Gasteiger partial charge is 0.210 e. The van der Waals surface area contributed by atoms with Crippen molar-refractivity contribution in [3.8, 4) is 0 Å². The maximum Gasteiger partial charge on any atom is 0.210 e. The Hall–Kier alpha value is -1.11. The lowest BCUT2D eigenvalue weighted by atomic mass is 10.1. The van der Waals surface area contributed by atoms with Crippen molar-refractivity contribution >= 4 is 23.4 Å². The van der Waals surface area contributed by atoms with Gasteiger partial charge < -0.3 is 4.74 Å². The Balaban J connectivity index is 1.56. The number of aromatic nitrogens is 4. The molecular weight excluding hydrogens is 320 g/mol. The molecule has 1 aromatic carbocycles. The van der Waals surface area contributed by atoms with E-state index >= 15 is 0 Å². The Morgan fingerprint density at radius 2 is 2.09 bits per heavy atom. The molecule has 2 aliphatic rings. The molecule has 0 radical (unpaired) electrons. The molecule has 2 heterocycles. The summed E-state index contributed by atoms with van der Waals surface area (Å²) in [5.74, 6) is 0. The number of ether oxygens (including phenoxy) is 1. The number of thioether (sulfide) groups is 1. The zero-order valence-corrected chi connectivity index (χ0v) is 13.7. The highest BCUT2D eigenvalue weighted by molar-refractivity contribution is 7.99. The van der Waals surface area contributed by atoms with Gasteiger partial charge in [0.1, 0.15) is 0 Å². The third-order valence-corrected chi connectivity index (χ3v) is 6.01. The third kappa shape index (κ3) is 2.64. The van der Waals surface area contributed by atoms with Gasteiger partial charge in [0.25, 0.3) is 0 Å². The highest BCUT2D eigenvalue weighted by atomic mass is 35.5. The molecule has 0 amide bonds. The van der Waals surface area contributed by atoms with Gasteiger partial charge in [0, 0.05) is 23.5 Å². The quantitative estimate of drug-likeness (QED) is 0.859. The van der Waals surface area contributed by atoms with Crippen molar-refractivity contribution < 1.29 is 4.74 Å². The predicted octanol–water partition coefficient (Wildman–Crippen LogP) is 3.46. The van der Waals surface area contributed by atoms with E-state index in [4.69, 9.17) is 16.3 Å². The largest absolute Gasteiger partial charge is 0.381 e. The third-order valence-electron chi connectivity index (χ3n) is 4.41. The number of rotatable bonds is 3. The summed E-state index contributed by atoms with van der Waals surface area (Å²) in [6.45, 7) is 1.58. The monoisotopic (exact) mass is 336 g/mol. The summed E-state index contributed by atoms with van der Waals surface area (Å²) in [7, 11) is 0. The first-order valence-electron chi connectivity index (χ1n) is 7.62. The van der Waals surface area contributed by atoms with E-state index in [1.807, 2.05) is 16.8 Å². The zero-order chi connectivity index (χ0) is 14.9. The van der Waals surface area contributed by atoms with Crippen LogP contribution < -0.4 is 0 Å². The van der Waals surface area contributed by atoms with Gasteiger partial charge in [0.2, 0.25) is 5.16 Å². The molecule has 1 atom stereocenters. The number of hydrogen-bond acceptors (Lipinski definition) is 5. The Morgan fingerprint density at radius 3 is 2.95 bits per heavy atom. The van der Waals surface area contributed by atoms with E-state index in [1.54, 1.807) is 11.8 Å². The number of benzene rings is 1. The minimum absolute atomic E-state index is 0.353. The summed E-state index contributed by atoms with van der Waals surface area (Å²) < 4.78 is 7.41. The van der Waals surface area contributed by atoms with E-state index in [-0.39, 0.29) is 0 Å². The van der Waals surface area contributed by atoms with E-state index in [1.165, 1.54) is 11.1 Å². The van der Waals surface area contributed by atoms with Gasteiger partial charge in [0.05, 0.1) is 6.04 Å². The molecule has 2 aromatic rings. The first kappa shape index (κ1) is 14.5. The number of halogens is 1. The van der Waals surface area contributed by atoms with Crippen molar-refractivity contribution in [1.82, 2.24) is 20.2 Å². The predicted molar refractivity (Wildman–Crippen MR) is 85.3 cm³/mol. The summed E-state index contributed by atoms with van der Waals surface area (Å²) in [6, 6.07) is 6.53. The fourth-order valence-electron chi connectivity index (χ4n) is 3.24. The summed E-state index contributed by atoms with van der Waals surface area (Å²) in [6.07, 6.45) is 4.08. The highest BCUT2D eigenvalue weighted by Gasteiger charge is 2.28. The molecule has 4 rings (SSSR count). The molecule has 0 saturated carbocycles. The van der Waals surface area contributed by atoms with Crippen LogP contribution in [0.15, 0.2) is 23.4 Å². The van der Waals surface area contributed by atoms with E-state index < -0.39 is 0 Å². The lowest BCUT2D eigenvalue weighted by Crippen LogP contribution is -2.21. The molecular formula is C15H17ClN4OS. The summed E-state index contributed by atoms with van der Waals surface area (Å²) >= 11 is 8.06. The second-order valence-electron chi connectivity index (χ2n) is 5.70. The van der Waals surface area contributed by atoms with Crippen molar-refractivity contribution in [2.24, 2.45) is 0 Å². The molecule has 0 bridgehead atoms. The maximum absolute atomic E-state index is 6.30. The first-order chi connectivity index (χ1) is 10.8. The second kappa shape index (κ2) is 6.18. The Morgan fingerprint density at radius 1 is 1.23 bits per heavy atom. The molecule has 22 heavy (non-hydrogen) atoms. The topological polar surface area (TPSA) is 52.8 Å². The summed E-state index contributed by atoms with van der Waals surface area (Å²) in [4.78, 5) is 0. The normalized spacial score (nSPS) is 22.0. The van der Waals surface area contributed by atoms with Gasteiger partial charge >= 0.3 is 0 Å². The molecule has 7 heteroatoms. The van der Waals surface area contributed by atoms with Crippen LogP contribution in [0.25, 0.3) is 0 Å². The van der Waals surface area contributed by atoms with Gasteiger partial charge in [-0.15, -0.1) is 5.10 Å². The van der Waals surface area contributed by atoms with E-state index in [9.17, 15) is 0 Å². The molecule has 1 fully saturated rings. The Bertz CT molecular complexity index is 671. The van der Waals surface area contributed by atoms with Crippen molar-refractivity contribution in [2.75, 3.05) is 13.2 Å². The van der Waals surface area contributed by atoms with Crippen LogP contribution in [0.5, 0.6) is 0 Å². The minimum atomic E-state index is 0.353. The SMILES string of the molecule is Clc1cccc2c1CCC2Sc1nnnn1C1CCOCC1. The molecule has 1 saturated heterocycles. The Labute approximate surface area is 138 Å². The Kier molecular flexibility index (Phi) is 4.07. The fourth-order valence-corrected chi connectivity index (χ4v) is 4.73. The minimum Gasteiger partial charge on any atom is -0.381 e. The molecule has 5 nitrogen and oxygen atoms in total. The molecule has 116 valence electrons. The van der Waals surface area contributed by atoms with Crippen LogP contribution in [0.1, 0.15) is 41.7 Å².